The van der Waals surface area contributed by atoms with E-state index in [0.29, 0.717) is 25.3 Å². The molecule has 2 aromatic rings. The second kappa shape index (κ2) is 5.99. The Morgan fingerprint density at radius 1 is 1.42 bits per heavy atom. The molecule has 1 heterocycles. The third-order valence-corrected chi connectivity index (χ3v) is 3.04. The summed E-state index contributed by atoms with van der Waals surface area (Å²) in [6.45, 7) is 2.73. The second-order valence-corrected chi connectivity index (χ2v) is 4.95. The van der Waals surface area contributed by atoms with Crippen LogP contribution < -0.4 is 0 Å². The van der Waals surface area contributed by atoms with Crippen LogP contribution in [-0.2, 0) is 0 Å². The van der Waals surface area contributed by atoms with E-state index < -0.39 is 0 Å². The van der Waals surface area contributed by atoms with Crippen LogP contribution in [0, 0.1) is 0 Å². The van der Waals surface area contributed by atoms with Crippen molar-refractivity contribution in [2.75, 3.05) is 20.1 Å². The van der Waals surface area contributed by atoms with Crippen molar-refractivity contribution < 1.29 is 14.3 Å². The summed E-state index contributed by atoms with van der Waals surface area (Å²) in [6.07, 6.45) is 0.313. The van der Waals surface area contributed by atoms with Crippen LogP contribution in [0.4, 0.5) is 0 Å². The molecule has 0 aliphatic rings. The molecule has 0 bridgehead atoms. The highest BCUT2D eigenvalue weighted by Crippen LogP contribution is 2.19. The quantitative estimate of drug-likeness (QED) is 0.811. The lowest BCUT2D eigenvalue weighted by Gasteiger charge is -2.15. The molecule has 2 rings (SSSR count). The summed E-state index contributed by atoms with van der Waals surface area (Å²) in [7, 11) is 1.86. The lowest BCUT2D eigenvalue weighted by atomic mass is 10.2. The number of fused-ring (bicyclic) bond motifs is 1. The van der Waals surface area contributed by atoms with Crippen molar-refractivity contribution in [2.24, 2.45) is 0 Å². The fourth-order valence-corrected chi connectivity index (χ4v) is 1.93. The number of rotatable bonds is 6. The van der Waals surface area contributed by atoms with Gasteiger partial charge in [-0.3, -0.25) is 9.69 Å². The number of nitrogens with zero attached hydrogens (tertiary/aromatic N) is 1. The van der Waals surface area contributed by atoms with E-state index >= 15 is 0 Å². The zero-order valence-electron chi connectivity index (χ0n) is 11.3. The zero-order chi connectivity index (χ0) is 13.8. The summed E-state index contributed by atoms with van der Waals surface area (Å²) in [5, 5.41) is 10.2. The maximum absolute atomic E-state index is 12.1. The highest BCUT2D eigenvalue weighted by atomic mass is 16.3. The predicted octanol–water partition coefficient (Wildman–Crippen LogP) is 2.32. The molecular formula is C15H19NO3. The lowest BCUT2D eigenvalue weighted by Crippen LogP contribution is -2.28. The van der Waals surface area contributed by atoms with E-state index in [1.165, 1.54) is 0 Å². The average Bonchev–Trinajstić information content (AvgIpc) is 2.80. The molecule has 4 heteroatoms. The standard InChI is InChI=1S/C15H19NO3/c1-11(17)7-8-16(2)10-13(18)15-9-12-5-3-4-6-14(12)19-15/h3-6,9,11,17H,7-8,10H2,1-2H3. The third-order valence-electron chi connectivity index (χ3n) is 3.04. The number of hydrogen-bond donors (Lipinski definition) is 1. The molecule has 1 N–H and O–H groups in total. The van der Waals surface area contributed by atoms with Crippen LogP contribution in [0.2, 0.25) is 0 Å². The van der Waals surface area contributed by atoms with Gasteiger partial charge in [0.25, 0.3) is 0 Å². The molecule has 0 amide bonds. The summed E-state index contributed by atoms with van der Waals surface area (Å²) in [5.41, 5.74) is 0.734. The van der Waals surface area contributed by atoms with E-state index in [4.69, 9.17) is 4.42 Å². The van der Waals surface area contributed by atoms with E-state index in [1.54, 1.807) is 13.0 Å². The molecule has 0 fully saturated rings. The summed E-state index contributed by atoms with van der Waals surface area (Å²) in [4.78, 5) is 14.0. The van der Waals surface area contributed by atoms with Crippen LogP contribution in [0.15, 0.2) is 34.7 Å². The minimum atomic E-state index is -0.344. The molecule has 0 aliphatic carbocycles. The van der Waals surface area contributed by atoms with E-state index in [0.717, 1.165) is 11.0 Å². The van der Waals surface area contributed by atoms with Gasteiger partial charge in [-0.1, -0.05) is 18.2 Å². The van der Waals surface area contributed by atoms with Crippen molar-refractivity contribution in [1.29, 1.82) is 0 Å². The minimum absolute atomic E-state index is 0.0377. The van der Waals surface area contributed by atoms with Gasteiger partial charge in [-0.15, -0.1) is 0 Å². The topological polar surface area (TPSA) is 53.7 Å². The first kappa shape index (κ1) is 13.8. The van der Waals surface area contributed by atoms with Crippen molar-refractivity contribution in [3.05, 3.63) is 36.1 Å². The Labute approximate surface area is 112 Å². The summed E-state index contributed by atoms with van der Waals surface area (Å²) in [6, 6.07) is 9.35. The van der Waals surface area contributed by atoms with Crippen LogP contribution >= 0.6 is 0 Å². The molecule has 1 atom stereocenters. The fraction of sp³-hybridized carbons (Fsp3) is 0.400. The Kier molecular flexibility index (Phi) is 4.35. The minimum Gasteiger partial charge on any atom is -0.453 e. The molecule has 4 nitrogen and oxygen atoms in total. The second-order valence-electron chi connectivity index (χ2n) is 4.95. The number of likely N-dealkylation sites (N-methyl/N-ethyl adjacent to an activating group) is 1. The molecule has 1 unspecified atom stereocenters. The molecule has 0 aliphatic heterocycles. The average molecular weight is 261 g/mol. The molecular weight excluding hydrogens is 242 g/mol. The molecule has 1 aromatic carbocycles. The Hall–Kier alpha value is -1.65. The van der Waals surface area contributed by atoms with Gasteiger partial charge in [0.15, 0.2) is 5.76 Å². The highest BCUT2D eigenvalue weighted by molar-refractivity contribution is 5.98. The Morgan fingerprint density at radius 2 is 2.16 bits per heavy atom. The van der Waals surface area contributed by atoms with Gasteiger partial charge >= 0.3 is 0 Å². The number of benzene rings is 1. The predicted molar refractivity (Wildman–Crippen MR) is 74.3 cm³/mol. The molecule has 102 valence electrons. The van der Waals surface area contributed by atoms with E-state index in [9.17, 15) is 9.90 Å². The van der Waals surface area contributed by atoms with E-state index in [-0.39, 0.29) is 11.9 Å². The number of aliphatic hydroxyl groups is 1. The zero-order valence-corrected chi connectivity index (χ0v) is 11.3. The normalized spacial score (nSPS) is 13.1. The van der Waals surface area contributed by atoms with Gasteiger partial charge in [-0.25, -0.2) is 0 Å². The first-order chi connectivity index (χ1) is 9.06. The fourth-order valence-electron chi connectivity index (χ4n) is 1.93. The molecule has 1 aromatic heterocycles. The maximum Gasteiger partial charge on any atom is 0.211 e. The first-order valence-electron chi connectivity index (χ1n) is 6.44. The molecule has 19 heavy (non-hydrogen) atoms. The van der Waals surface area contributed by atoms with Crippen LogP contribution in [-0.4, -0.2) is 42.0 Å². The Bertz CT molecular complexity index is 526. The van der Waals surface area contributed by atoms with Crippen molar-refractivity contribution in [3.8, 4) is 0 Å². The van der Waals surface area contributed by atoms with Crippen molar-refractivity contribution in [2.45, 2.75) is 19.4 Å². The summed E-state index contributed by atoms with van der Waals surface area (Å²) in [5.74, 6) is 0.356. The number of Topliss-reactive ketones (excluding diaryl/α,β-unsaturated/α-hetero) is 1. The number of para-hydroxylation sites is 1. The van der Waals surface area contributed by atoms with Crippen LogP contribution in [0.25, 0.3) is 11.0 Å². The number of ketones is 1. The molecule has 0 saturated carbocycles. The van der Waals surface area contributed by atoms with E-state index in [2.05, 4.69) is 0 Å². The van der Waals surface area contributed by atoms with Crippen LogP contribution in [0.1, 0.15) is 23.9 Å². The molecule has 0 saturated heterocycles. The van der Waals surface area contributed by atoms with Crippen LogP contribution in [0.5, 0.6) is 0 Å². The van der Waals surface area contributed by atoms with Gasteiger partial charge in [0.1, 0.15) is 5.58 Å². The van der Waals surface area contributed by atoms with Gasteiger partial charge in [0.2, 0.25) is 5.78 Å². The van der Waals surface area contributed by atoms with E-state index in [1.807, 2.05) is 36.2 Å². The lowest BCUT2D eigenvalue weighted by molar-refractivity contribution is 0.0907. The number of aliphatic hydroxyl groups excluding tert-OH is 1. The van der Waals surface area contributed by atoms with Crippen molar-refractivity contribution in [3.63, 3.8) is 0 Å². The van der Waals surface area contributed by atoms with Crippen molar-refractivity contribution >= 4 is 16.8 Å². The van der Waals surface area contributed by atoms with Crippen molar-refractivity contribution in [1.82, 2.24) is 4.90 Å². The monoisotopic (exact) mass is 261 g/mol. The smallest absolute Gasteiger partial charge is 0.211 e. The summed E-state index contributed by atoms with van der Waals surface area (Å²) < 4.78 is 5.53. The molecule has 0 radical (unpaired) electrons. The largest absolute Gasteiger partial charge is 0.453 e. The van der Waals surface area contributed by atoms with Gasteiger partial charge in [0, 0.05) is 11.9 Å². The third kappa shape index (κ3) is 3.66. The number of hydrogen-bond acceptors (Lipinski definition) is 4. The number of furan rings is 1. The number of carbonyl (C=O) groups is 1. The first-order valence-corrected chi connectivity index (χ1v) is 6.44. The highest BCUT2D eigenvalue weighted by Gasteiger charge is 2.14. The van der Waals surface area contributed by atoms with Gasteiger partial charge in [-0.2, -0.15) is 0 Å². The summed E-state index contributed by atoms with van der Waals surface area (Å²) >= 11 is 0. The SMILES string of the molecule is CC(O)CCN(C)CC(=O)c1cc2ccccc2o1. The van der Waals surface area contributed by atoms with Gasteiger partial charge in [0.05, 0.1) is 12.6 Å². The van der Waals surface area contributed by atoms with Gasteiger partial charge < -0.3 is 9.52 Å². The maximum atomic E-state index is 12.1. The Balaban J connectivity index is 1.99. The Morgan fingerprint density at radius 3 is 2.84 bits per heavy atom. The number of carbonyl (C=O) groups excluding carboxylic acids is 1. The van der Waals surface area contributed by atoms with Crippen LogP contribution in [0.3, 0.4) is 0 Å². The molecule has 0 spiro atoms. The van der Waals surface area contributed by atoms with Gasteiger partial charge in [-0.05, 0) is 32.5 Å².